The summed E-state index contributed by atoms with van der Waals surface area (Å²) in [4.78, 5) is 12.4. The number of piperidine rings is 1. The van der Waals surface area contributed by atoms with Gasteiger partial charge in [0.25, 0.3) is 5.91 Å². The average molecular weight is 365 g/mol. The topological polar surface area (TPSA) is 62.4 Å². The van der Waals surface area contributed by atoms with E-state index in [9.17, 15) is 4.79 Å². The first-order chi connectivity index (χ1) is 13.3. The second kappa shape index (κ2) is 8.11. The van der Waals surface area contributed by atoms with Crippen molar-refractivity contribution in [2.75, 3.05) is 32.1 Å². The maximum atomic E-state index is 12.4. The van der Waals surface area contributed by atoms with Gasteiger partial charge >= 0.3 is 0 Å². The van der Waals surface area contributed by atoms with E-state index in [4.69, 9.17) is 4.74 Å². The molecular weight excluding hydrogens is 338 g/mol. The Hall–Kier alpha value is -2.37. The van der Waals surface area contributed by atoms with E-state index in [1.165, 1.54) is 24.0 Å². The average Bonchev–Trinajstić information content (AvgIpc) is 2.73. The number of anilines is 1. The van der Waals surface area contributed by atoms with Crippen molar-refractivity contribution in [1.29, 1.82) is 0 Å². The zero-order valence-electron chi connectivity index (χ0n) is 15.7. The molecule has 3 unspecified atom stereocenters. The number of hydrogen-bond donors (Lipinski definition) is 3. The van der Waals surface area contributed by atoms with E-state index < -0.39 is 0 Å². The molecule has 27 heavy (non-hydrogen) atoms. The van der Waals surface area contributed by atoms with Crippen LogP contribution < -0.4 is 16.0 Å². The van der Waals surface area contributed by atoms with Crippen molar-refractivity contribution in [3.8, 4) is 0 Å². The summed E-state index contributed by atoms with van der Waals surface area (Å²) in [7, 11) is 1.63. The molecule has 1 saturated heterocycles. The molecule has 1 amide bonds. The molecule has 2 heterocycles. The highest BCUT2D eigenvalue weighted by Gasteiger charge is 2.38. The third kappa shape index (κ3) is 3.70. The van der Waals surface area contributed by atoms with E-state index in [2.05, 4.69) is 46.3 Å². The predicted molar refractivity (Wildman–Crippen MR) is 107 cm³/mol. The summed E-state index contributed by atoms with van der Waals surface area (Å²) in [6, 6.07) is 17.2. The van der Waals surface area contributed by atoms with Crippen LogP contribution in [0.1, 0.15) is 46.4 Å². The summed E-state index contributed by atoms with van der Waals surface area (Å²) < 4.78 is 5.01. The van der Waals surface area contributed by atoms with Gasteiger partial charge in [0.1, 0.15) is 0 Å². The predicted octanol–water partition coefficient (Wildman–Crippen LogP) is 3.27. The Labute approximate surface area is 160 Å². The Morgan fingerprint density at radius 3 is 2.85 bits per heavy atom. The first-order valence-electron chi connectivity index (χ1n) is 9.74. The van der Waals surface area contributed by atoms with Crippen molar-refractivity contribution in [2.45, 2.75) is 24.9 Å². The molecule has 0 bridgehead atoms. The first-order valence-corrected chi connectivity index (χ1v) is 9.74. The first kappa shape index (κ1) is 18.0. The minimum atomic E-state index is -0.0487. The van der Waals surface area contributed by atoms with E-state index in [1.54, 1.807) is 7.11 Å². The van der Waals surface area contributed by atoms with Gasteiger partial charge in [-0.25, -0.2) is 0 Å². The van der Waals surface area contributed by atoms with Gasteiger partial charge in [0.15, 0.2) is 0 Å². The standard InChI is InChI=1S/C22H27N3O2/c1-27-13-12-24-22(26)16-9-10-19-18(14-16)21-17(8-5-11-23-21)20(25-19)15-6-3-2-4-7-15/h2-4,6-7,9-10,14,17,20-21,23,25H,5,8,11-13H2,1H3,(H,24,26). The van der Waals surface area contributed by atoms with Gasteiger partial charge in [0.2, 0.25) is 0 Å². The second-order valence-corrected chi connectivity index (χ2v) is 7.32. The highest BCUT2D eigenvalue weighted by molar-refractivity contribution is 5.95. The molecule has 2 aromatic carbocycles. The maximum Gasteiger partial charge on any atom is 0.251 e. The zero-order chi connectivity index (χ0) is 18.6. The van der Waals surface area contributed by atoms with Crippen LogP contribution in [0.3, 0.4) is 0 Å². The summed E-state index contributed by atoms with van der Waals surface area (Å²) in [6.07, 6.45) is 2.35. The third-order valence-electron chi connectivity index (χ3n) is 5.65. The molecule has 3 atom stereocenters. The van der Waals surface area contributed by atoms with Crippen LogP contribution in [-0.2, 0) is 4.74 Å². The number of fused-ring (bicyclic) bond motifs is 3. The molecule has 5 nitrogen and oxygen atoms in total. The fraction of sp³-hybridized carbons (Fsp3) is 0.409. The Kier molecular flexibility index (Phi) is 5.41. The summed E-state index contributed by atoms with van der Waals surface area (Å²) in [6.45, 7) is 2.06. The molecule has 2 aliphatic heterocycles. The Balaban J connectivity index is 1.63. The number of carbonyl (C=O) groups excluding carboxylic acids is 1. The van der Waals surface area contributed by atoms with Crippen LogP contribution in [0.5, 0.6) is 0 Å². The molecule has 3 N–H and O–H groups in total. The van der Waals surface area contributed by atoms with Crippen molar-refractivity contribution in [2.24, 2.45) is 5.92 Å². The summed E-state index contributed by atoms with van der Waals surface area (Å²) >= 11 is 0. The number of carbonyl (C=O) groups is 1. The lowest BCUT2D eigenvalue weighted by Gasteiger charge is -2.44. The molecule has 0 aromatic heterocycles. The molecule has 5 heteroatoms. The number of ether oxygens (including phenoxy) is 1. The molecule has 1 fully saturated rings. The summed E-state index contributed by atoms with van der Waals surface area (Å²) in [5.74, 6) is 0.424. The Bertz CT molecular complexity index is 793. The molecule has 2 aromatic rings. The molecule has 0 spiro atoms. The van der Waals surface area contributed by atoms with E-state index in [0.29, 0.717) is 24.6 Å². The van der Waals surface area contributed by atoms with Crippen LogP contribution >= 0.6 is 0 Å². The highest BCUT2D eigenvalue weighted by Crippen LogP contribution is 2.46. The Morgan fingerprint density at radius 1 is 1.19 bits per heavy atom. The zero-order valence-corrected chi connectivity index (χ0v) is 15.7. The van der Waals surface area contributed by atoms with Crippen molar-refractivity contribution in [1.82, 2.24) is 10.6 Å². The summed E-state index contributed by atoms with van der Waals surface area (Å²) in [5, 5.41) is 10.4. The number of amides is 1. The molecule has 142 valence electrons. The molecule has 0 aliphatic carbocycles. The Morgan fingerprint density at radius 2 is 2.04 bits per heavy atom. The number of rotatable bonds is 5. The highest BCUT2D eigenvalue weighted by atomic mass is 16.5. The van der Waals surface area contributed by atoms with Crippen molar-refractivity contribution >= 4 is 11.6 Å². The number of hydrogen-bond acceptors (Lipinski definition) is 4. The third-order valence-corrected chi connectivity index (χ3v) is 5.65. The quantitative estimate of drug-likeness (QED) is 0.712. The van der Waals surface area contributed by atoms with E-state index >= 15 is 0 Å². The van der Waals surface area contributed by atoms with Gasteiger partial charge in [-0.05, 0) is 48.7 Å². The van der Waals surface area contributed by atoms with Gasteiger partial charge < -0.3 is 20.7 Å². The SMILES string of the molecule is COCCNC(=O)c1ccc2c(c1)C1NCCCC1C(c1ccccc1)N2. The second-order valence-electron chi connectivity index (χ2n) is 7.32. The lowest BCUT2D eigenvalue weighted by atomic mass is 9.75. The van der Waals surface area contributed by atoms with E-state index in [-0.39, 0.29) is 18.0 Å². The van der Waals surface area contributed by atoms with Gasteiger partial charge in [0.05, 0.1) is 12.6 Å². The van der Waals surface area contributed by atoms with Gasteiger partial charge in [-0.1, -0.05) is 30.3 Å². The van der Waals surface area contributed by atoms with Crippen LogP contribution in [0.25, 0.3) is 0 Å². The molecule has 2 aliphatic rings. The van der Waals surface area contributed by atoms with Crippen molar-refractivity contribution in [3.05, 3.63) is 65.2 Å². The van der Waals surface area contributed by atoms with Crippen molar-refractivity contribution < 1.29 is 9.53 Å². The fourth-order valence-electron chi connectivity index (χ4n) is 4.34. The molecule has 0 radical (unpaired) electrons. The summed E-state index contributed by atoms with van der Waals surface area (Å²) in [5.41, 5.74) is 4.35. The number of methoxy groups -OCH3 is 1. The van der Waals surface area contributed by atoms with Crippen LogP contribution in [0.4, 0.5) is 5.69 Å². The van der Waals surface area contributed by atoms with Gasteiger partial charge in [-0.2, -0.15) is 0 Å². The monoisotopic (exact) mass is 365 g/mol. The van der Waals surface area contributed by atoms with Crippen LogP contribution in [0, 0.1) is 5.92 Å². The normalized spacial score (nSPS) is 23.7. The van der Waals surface area contributed by atoms with Crippen LogP contribution in [-0.4, -0.2) is 32.7 Å². The lowest BCUT2D eigenvalue weighted by Crippen LogP contribution is -2.42. The molecular formula is C22H27N3O2. The van der Waals surface area contributed by atoms with E-state index in [0.717, 1.165) is 12.2 Å². The lowest BCUT2D eigenvalue weighted by molar-refractivity contribution is 0.0937. The number of benzene rings is 2. The number of nitrogens with one attached hydrogen (secondary N) is 3. The van der Waals surface area contributed by atoms with Crippen LogP contribution in [0.2, 0.25) is 0 Å². The maximum absolute atomic E-state index is 12.4. The smallest absolute Gasteiger partial charge is 0.251 e. The molecule has 4 rings (SSSR count). The van der Waals surface area contributed by atoms with Crippen molar-refractivity contribution in [3.63, 3.8) is 0 Å². The van der Waals surface area contributed by atoms with Gasteiger partial charge in [0, 0.05) is 36.9 Å². The fourth-order valence-corrected chi connectivity index (χ4v) is 4.34. The van der Waals surface area contributed by atoms with Crippen LogP contribution in [0.15, 0.2) is 48.5 Å². The van der Waals surface area contributed by atoms with E-state index in [1.807, 2.05) is 18.2 Å². The molecule has 0 saturated carbocycles. The minimum Gasteiger partial charge on any atom is -0.383 e. The van der Waals surface area contributed by atoms with Gasteiger partial charge in [-0.3, -0.25) is 4.79 Å². The largest absolute Gasteiger partial charge is 0.383 e. The van der Waals surface area contributed by atoms with Gasteiger partial charge in [-0.15, -0.1) is 0 Å². The minimum absolute atomic E-state index is 0.0487.